The zero-order valence-electron chi connectivity index (χ0n) is 75.1. The van der Waals surface area contributed by atoms with E-state index in [1.807, 2.05) is 43.3 Å². The average molecular weight is 2170 g/mol. The molecule has 18 rings (SSSR count). The van der Waals surface area contributed by atoms with Gasteiger partial charge < -0.3 is 56.6 Å². The lowest BCUT2D eigenvalue weighted by Gasteiger charge is -2.14. The van der Waals surface area contributed by atoms with E-state index < -0.39 is 58.0 Å². The minimum atomic E-state index is -3.75. The highest BCUT2D eigenvalue weighted by atomic mass is 35.5. The number of phenolic OH excluding ortho intramolecular Hbond substituents is 6. The molecule has 2 amide bonds. The maximum atomic E-state index is 12.7. The SMILES string of the molecule is Cc1ccc(CC(=O)Nc2cc(SCC(=O)O)c(O)c3ccccc23)cc1.O=C(O)CSc1cc(NC(=O)Cc2ccc(Cl)cc2)c2ccccc2c1O.O=C(O)CSc1cc(NS(=O)(=O)Cc2ccc(Cl)cc2)c2ccccc2c1O.O=S(=O)(Nc1cc(Cl)c(O)c2ccccc12)c1cccs1.O=S(=O)(Nc1ccc(O)c2ccccc12)c1ccccc1.O=S(=O)(Nc1ccc(O)c2ccccc12)c1cccs1. The van der Waals surface area contributed by atoms with E-state index in [0.717, 1.165) is 74.6 Å². The molecule has 0 fully saturated rings. The second-order valence-corrected chi connectivity index (χ2v) is 44.6. The summed E-state index contributed by atoms with van der Waals surface area (Å²) in [5.74, 6) is -4.15. The summed E-state index contributed by atoms with van der Waals surface area (Å²) in [5.41, 5.74) is 5.99. The van der Waals surface area contributed by atoms with Crippen LogP contribution in [0.3, 0.4) is 0 Å². The Morgan fingerprint density at radius 1 is 0.306 bits per heavy atom. The number of rotatable bonds is 28. The lowest BCUT2D eigenvalue weighted by Crippen LogP contribution is -2.15. The van der Waals surface area contributed by atoms with E-state index >= 15 is 0 Å². The summed E-state index contributed by atoms with van der Waals surface area (Å²) in [6, 6.07) is 90.1. The van der Waals surface area contributed by atoms with Gasteiger partial charge in [0, 0.05) is 86.1 Å². The Bertz CT molecular complexity index is 8120. The number of carbonyl (C=O) groups excluding carboxylic acids is 2. The molecule has 0 aliphatic heterocycles. The van der Waals surface area contributed by atoms with E-state index in [4.69, 9.17) is 50.1 Å². The van der Waals surface area contributed by atoms with Gasteiger partial charge in [-0.15, -0.1) is 58.0 Å². The van der Waals surface area contributed by atoms with E-state index in [1.54, 1.807) is 253 Å². The summed E-state index contributed by atoms with van der Waals surface area (Å²) in [4.78, 5) is 58.8. The van der Waals surface area contributed by atoms with Gasteiger partial charge >= 0.3 is 17.9 Å². The van der Waals surface area contributed by atoms with Crippen LogP contribution in [0.15, 0.2) is 360 Å². The number of halogens is 3. The quantitative estimate of drug-likeness (QED) is 0.0160. The third-order valence-electron chi connectivity index (χ3n) is 20.9. The molecule has 738 valence electrons. The highest BCUT2D eigenvalue weighted by molar-refractivity contribution is 8.00. The van der Waals surface area contributed by atoms with Crippen LogP contribution >= 0.6 is 92.8 Å². The Labute approximate surface area is 861 Å². The van der Waals surface area contributed by atoms with Crippen LogP contribution in [0.5, 0.6) is 34.5 Å². The monoisotopic (exact) mass is 2160 g/mol. The van der Waals surface area contributed by atoms with Gasteiger partial charge in [-0.05, 0) is 131 Å². The summed E-state index contributed by atoms with van der Waals surface area (Å²) < 4.78 is 110. The molecule has 28 nitrogen and oxygen atoms in total. The molecule has 2 heterocycles. The molecule has 16 aromatic carbocycles. The number of nitrogens with one attached hydrogen (secondary N) is 6. The number of thiophene rings is 2. The largest absolute Gasteiger partial charge is 0.507 e. The number of phenols is 6. The molecule has 0 saturated carbocycles. The Morgan fingerprint density at radius 2 is 0.611 bits per heavy atom. The number of sulfonamides is 4. The van der Waals surface area contributed by atoms with Crippen LogP contribution in [-0.2, 0) is 82.7 Å². The number of benzene rings is 16. The number of aromatic hydroxyl groups is 6. The maximum absolute atomic E-state index is 12.7. The van der Waals surface area contributed by atoms with E-state index in [9.17, 15) is 88.3 Å². The molecule has 18 aromatic rings. The number of hydrogen-bond donors (Lipinski definition) is 15. The highest BCUT2D eigenvalue weighted by Crippen LogP contribution is 2.46. The van der Waals surface area contributed by atoms with Crippen molar-refractivity contribution in [3.63, 3.8) is 0 Å². The van der Waals surface area contributed by atoms with Crippen LogP contribution in [0.25, 0.3) is 64.6 Å². The molecule has 40 heteroatoms. The molecule has 2 aromatic heterocycles. The topological polar surface area (TPSA) is 476 Å². The number of amides is 2. The fourth-order valence-corrected chi connectivity index (χ4v) is 23.4. The van der Waals surface area contributed by atoms with E-state index in [2.05, 4.69) is 29.5 Å². The minimum absolute atomic E-state index is 0.00699. The van der Waals surface area contributed by atoms with Gasteiger partial charge in [-0.3, -0.25) is 42.9 Å². The van der Waals surface area contributed by atoms with E-state index in [0.29, 0.717) is 118 Å². The predicted molar refractivity (Wildman–Crippen MR) is 576 cm³/mol. The van der Waals surface area contributed by atoms with Gasteiger partial charge in [0.1, 0.15) is 42.9 Å². The van der Waals surface area contributed by atoms with Crippen molar-refractivity contribution in [1.29, 1.82) is 0 Å². The van der Waals surface area contributed by atoms with Crippen LogP contribution in [0, 0.1) is 6.92 Å². The number of aliphatic carboxylic acids is 3. The second kappa shape index (κ2) is 48.5. The first kappa shape index (κ1) is 107. The Kier molecular flexibility index (Phi) is 36.0. The number of carbonyl (C=O) groups is 5. The zero-order valence-corrected chi connectivity index (χ0v) is 84.8. The number of thioether (sulfide) groups is 3. The molecule has 0 saturated heterocycles. The van der Waals surface area contributed by atoms with Gasteiger partial charge in [0.2, 0.25) is 21.8 Å². The Morgan fingerprint density at radius 3 is 0.979 bits per heavy atom. The van der Waals surface area contributed by atoms with Gasteiger partial charge in [0.25, 0.3) is 30.1 Å². The smallest absolute Gasteiger partial charge is 0.313 e. The van der Waals surface area contributed by atoms with Gasteiger partial charge in [0.05, 0.1) is 83.2 Å². The molecule has 0 spiro atoms. The number of fused-ring (bicyclic) bond motifs is 6. The molecular formula is C104H85Cl3N6O22S9. The summed E-state index contributed by atoms with van der Waals surface area (Å²) in [6.45, 7) is 1.99. The summed E-state index contributed by atoms with van der Waals surface area (Å²) in [7, 11) is -14.7. The van der Waals surface area contributed by atoms with Crippen molar-refractivity contribution in [2.75, 3.05) is 46.8 Å². The Balaban J connectivity index is 0.000000145. The first-order valence-corrected chi connectivity index (χ1v) is 54.7. The van der Waals surface area contributed by atoms with Crippen molar-refractivity contribution in [1.82, 2.24) is 0 Å². The molecule has 0 atom stereocenters. The molecule has 0 aliphatic rings. The van der Waals surface area contributed by atoms with E-state index in [1.165, 1.54) is 42.5 Å². The third-order valence-corrected chi connectivity index (χ3v) is 32.9. The molecule has 0 unspecified atom stereocenters. The molecule has 0 radical (unpaired) electrons. The molecular weight excluding hydrogens is 2080 g/mol. The van der Waals surface area contributed by atoms with Crippen molar-refractivity contribution in [2.24, 2.45) is 0 Å². The summed E-state index contributed by atoms with van der Waals surface area (Å²) >= 11 is 22.9. The minimum Gasteiger partial charge on any atom is -0.507 e. The zero-order chi connectivity index (χ0) is 103. The number of hydrogen-bond acceptors (Lipinski definition) is 24. The highest BCUT2D eigenvalue weighted by Gasteiger charge is 2.25. The van der Waals surface area contributed by atoms with E-state index in [-0.39, 0.29) is 111 Å². The number of anilines is 6. The lowest BCUT2D eigenvalue weighted by molar-refractivity contribution is -0.134. The van der Waals surface area contributed by atoms with Crippen molar-refractivity contribution in [2.45, 2.75) is 53.5 Å². The first-order valence-electron chi connectivity index (χ1n) is 42.7. The van der Waals surface area contributed by atoms with Gasteiger partial charge in [-0.25, -0.2) is 33.7 Å². The van der Waals surface area contributed by atoms with Crippen LogP contribution in [0.2, 0.25) is 15.1 Å². The summed E-state index contributed by atoms with van der Waals surface area (Å²) in [6.07, 6.45) is 0.400. The molecule has 15 N–H and O–H groups in total. The van der Waals surface area contributed by atoms with Crippen LogP contribution in [0.4, 0.5) is 34.1 Å². The lowest BCUT2D eigenvalue weighted by atomic mass is 10.1. The molecule has 0 bridgehead atoms. The number of aryl methyl sites for hydroxylation is 1. The fraction of sp³-hybridized carbons (Fsp3) is 0.0673. The van der Waals surface area contributed by atoms with Gasteiger partial charge in [0.15, 0.2) is 0 Å². The Hall–Kier alpha value is -14.5. The molecule has 144 heavy (non-hydrogen) atoms. The number of carboxylic acids is 3. The first-order chi connectivity index (χ1) is 68.8. The normalized spacial score (nSPS) is 11.2. The second-order valence-electron chi connectivity index (χ2n) is 31.2. The van der Waals surface area contributed by atoms with Crippen LogP contribution in [-0.4, -0.2) is 127 Å². The van der Waals surface area contributed by atoms with Crippen molar-refractivity contribution in [3.05, 3.63) is 370 Å². The maximum Gasteiger partial charge on any atom is 0.313 e. The van der Waals surface area contributed by atoms with Crippen LogP contribution < -0.4 is 29.5 Å². The molecule has 0 aliphatic carbocycles. The van der Waals surface area contributed by atoms with Gasteiger partial charge in [-0.2, -0.15) is 0 Å². The number of carboxylic acid groups (broad SMARTS) is 3. The summed E-state index contributed by atoms with van der Waals surface area (Å²) in [5, 5.41) is 105. The van der Waals surface area contributed by atoms with Crippen molar-refractivity contribution >= 4 is 261 Å². The standard InChI is InChI=1S/C21H19NO4S.C20H16ClNO4S.C19H16ClNO5S2.C16H13NO3S.C14H10ClNO3S2.C14H11NO3S2/c1-13-6-8-14(9-7-13)10-19(23)22-17-11-18(27-12-20(24)25)21(26)16-5-3-2-4-15(16)17;21-13-7-5-12(6-8-13)9-18(23)22-16-10-17(27-11-19(24)25)20(26)15-4-2-1-3-14(15)16;20-13-7-5-12(6-8-13)11-28(25,26)21-16-9-17(27-10-18(22)23)19(24)15-4-2-1-3-14(15)16;18-16-11-10-15(13-8-4-5-9-14(13)16)17-21(19,20)12-6-2-1-3-7-12;15-11-8-12(9-4-1-2-5-10(9)14(11)17)16-21(18,19)13-6-3-7-20-13;16-13-8-7-12(10-4-1-2-5-11(10)13)15-20(17,18)14-6-3-9-19-14/h2-9,11,26H,10,12H2,1H3,(H,22,23)(H,24,25);1-8,10,26H,9,11H2,(H,22,23)(H,24,25);1-9,21,24H,10-11H2,(H,22,23);1-11,17-18H;1-8,16-17H;1-9,15-16H. The third kappa shape index (κ3) is 28.5. The van der Waals surface area contributed by atoms with Crippen LogP contribution in [0.1, 0.15) is 22.3 Å². The fourth-order valence-electron chi connectivity index (χ4n) is 14.3. The predicted octanol–water partition coefficient (Wildman–Crippen LogP) is 23.9. The van der Waals surface area contributed by atoms with Gasteiger partial charge in [-0.1, -0.05) is 265 Å². The van der Waals surface area contributed by atoms with Crippen molar-refractivity contribution in [3.8, 4) is 34.5 Å². The van der Waals surface area contributed by atoms with Crippen molar-refractivity contribution < 1.29 is 104 Å². The average Bonchev–Trinajstić information content (AvgIpc) is 1.25.